The van der Waals surface area contributed by atoms with Crippen molar-refractivity contribution in [2.45, 2.75) is 6.92 Å². The number of thiophene rings is 1. The molecule has 0 fully saturated rings. The highest BCUT2D eigenvalue weighted by Gasteiger charge is 2.15. The molecule has 0 aliphatic rings. The van der Waals surface area contributed by atoms with Crippen LogP contribution in [0.4, 0.5) is 5.82 Å². The normalized spacial score (nSPS) is 12.1. The third-order valence-electron chi connectivity index (χ3n) is 2.76. The van der Waals surface area contributed by atoms with Crippen LogP contribution in [0, 0.1) is 5.92 Å². The maximum atomic E-state index is 10.9. The molecule has 2 aromatic rings. The van der Waals surface area contributed by atoms with Gasteiger partial charge in [0.1, 0.15) is 11.5 Å². The summed E-state index contributed by atoms with van der Waals surface area (Å²) in [7, 11) is 1.82. The number of carboxylic acid groups (broad SMARTS) is 1. The Balaban J connectivity index is 2.17. The second-order valence-electron chi connectivity index (χ2n) is 4.36. The number of aromatic nitrogens is 2. The lowest BCUT2D eigenvalue weighted by atomic mass is 10.2. The van der Waals surface area contributed by atoms with Gasteiger partial charge in [0.25, 0.3) is 0 Å². The summed E-state index contributed by atoms with van der Waals surface area (Å²) in [5, 5.41) is 10.9. The van der Waals surface area contributed by atoms with E-state index < -0.39 is 11.9 Å². The molecule has 0 bridgehead atoms. The number of nitrogens with zero attached hydrogens (tertiary/aromatic N) is 3. The number of hydrogen-bond acceptors (Lipinski definition) is 5. The second-order valence-corrected chi connectivity index (χ2v) is 5.31. The summed E-state index contributed by atoms with van der Waals surface area (Å²) < 4.78 is 0. The molecule has 0 spiro atoms. The van der Waals surface area contributed by atoms with Gasteiger partial charge in [0.05, 0.1) is 23.2 Å². The van der Waals surface area contributed by atoms with Gasteiger partial charge in [-0.3, -0.25) is 9.78 Å². The quantitative estimate of drug-likeness (QED) is 0.908. The first kappa shape index (κ1) is 13.5. The van der Waals surface area contributed by atoms with Crippen molar-refractivity contribution in [2.24, 2.45) is 5.92 Å². The van der Waals surface area contributed by atoms with E-state index in [0.717, 1.165) is 10.6 Å². The van der Waals surface area contributed by atoms with Crippen LogP contribution in [-0.2, 0) is 4.79 Å². The van der Waals surface area contributed by atoms with Gasteiger partial charge in [-0.1, -0.05) is 13.0 Å². The lowest BCUT2D eigenvalue weighted by Crippen LogP contribution is -2.29. The number of carbonyl (C=O) groups is 1. The first-order valence-corrected chi connectivity index (χ1v) is 6.75. The van der Waals surface area contributed by atoms with Gasteiger partial charge in [0.15, 0.2) is 0 Å². The van der Waals surface area contributed by atoms with Gasteiger partial charge in [-0.25, -0.2) is 4.98 Å². The summed E-state index contributed by atoms with van der Waals surface area (Å²) in [6.45, 7) is 2.08. The van der Waals surface area contributed by atoms with E-state index in [1.807, 2.05) is 29.5 Å². The molecule has 19 heavy (non-hydrogen) atoms. The predicted molar refractivity (Wildman–Crippen MR) is 75.4 cm³/mol. The largest absolute Gasteiger partial charge is 0.481 e. The summed E-state index contributed by atoms with van der Waals surface area (Å²) >= 11 is 1.60. The maximum Gasteiger partial charge on any atom is 0.308 e. The molecule has 0 aliphatic carbocycles. The van der Waals surface area contributed by atoms with Crippen LogP contribution in [-0.4, -0.2) is 34.6 Å². The van der Waals surface area contributed by atoms with E-state index in [2.05, 4.69) is 9.97 Å². The van der Waals surface area contributed by atoms with Crippen molar-refractivity contribution < 1.29 is 9.90 Å². The molecule has 100 valence electrons. The summed E-state index contributed by atoms with van der Waals surface area (Å²) in [6.07, 6.45) is 3.36. The molecular weight excluding hydrogens is 262 g/mol. The number of aliphatic carboxylic acids is 1. The molecule has 2 aromatic heterocycles. The number of hydrogen-bond donors (Lipinski definition) is 1. The fourth-order valence-electron chi connectivity index (χ4n) is 1.67. The Bertz CT molecular complexity index is 557. The lowest BCUT2D eigenvalue weighted by Gasteiger charge is -2.20. The Hall–Kier alpha value is -1.95. The second kappa shape index (κ2) is 5.79. The molecule has 1 N–H and O–H groups in total. The molecule has 0 aliphatic heterocycles. The van der Waals surface area contributed by atoms with Crippen LogP contribution in [0.1, 0.15) is 6.92 Å². The SMILES string of the molecule is C[C@@H](CN(C)c1cncc(-c2cccs2)n1)C(=O)O. The van der Waals surface area contributed by atoms with E-state index in [4.69, 9.17) is 5.11 Å². The highest BCUT2D eigenvalue weighted by atomic mass is 32.1. The third kappa shape index (κ3) is 3.29. The zero-order chi connectivity index (χ0) is 13.8. The van der Waals surface area contributed by atoms with Crippen LogP contribution in [0.5, 0.6) is 0 Å². The zero-order valence-electron chi connectivity index (χ0n) is 10.8. The van der Waals surface area contributed by atoms with Gasteiger partial charge >= 0.3 is 5.97 Å². The van der Waals surface area contributed by atoms with Crippen molar-refractivity contribution in [3.8, 4) is 10.6 Å². The minimum atomic E-state index is -0.811. The molecule has 1 atom stereocenters. The first-order valence-electron chi connectivity index (χ1n) is 5.88. The van der Waals surface area contributed by atoms with Gasteiger partial charge in [0, 0.05) is 13.6 Å². The van der Waals surface area contributed by atoms with Crippen molar-refractivity contribution in [1.29, 1.82) is 0 Å². The van der Waals surface area contributed by atoms with E-state index in [1.54, 1.807) is 30.7 Å². The van der Waals surface area contributed by atoms with Gasteiger partial charge in [-0.15, -0.1) is 11.3 Å². The van der Waals surface area contributed by atoms with Crippen LogP contribution in [0.3, 0.4) is 0 Å². The molecule has 5 nitrogen and oxygen atoms in total. The minimum absolute atomic E-state index is 0.401. The van der Waals surface area contributed by atoms with Crippen LogP contribution < -0.4 is 4.90 Å². The molecule has 2 rings (SSSR count). The van der Waals surface area contributed by atoms with E-state index in [0.29, 0.717) is 12.4 Å². The van der Waals surface area contributed by atoms with Gasteiger partial charge in [-0.2, -0.15) is 0 Å². The Morgan fingerprint density at radius 3 is 2.95 bits per heavy atom. The van der Waals surface area contributed by atoms with E-state index in [9.17, 15) is 4.79 Å². The molecule has 6 heteroatoms. The molecule has 0 saturated carbocycles. The predicted octanol–water partition coefficient (Wildman–Crippen LogP) is 2.36. The Morgan fingerprint density at radius 1 is 1.53 bits per heavy atom. The average Bonchev–Trinajstić information content (AvgIpc) is 2.92. The van der Waals surface area contributed by atoms with Crippen molar-refractivity contribution in [2.75, 3.05) is 18.5 Å². The molecule has 0 amide bonds. The molecule has 0 radical (unpaired) electrons. The molecule has 0 unspecified atom stereocenters. The zero-order valence-corrected chi connectivity index (χ0v) is 11.6. The maximum absolute atomic E-state index is 10.9. The van der Waals surface area contributed by atoms with Gasteiger partial charge in [0.2, 0.25) is 0 Å². The van der Waals surface area contributed by atoms with Crippen LogP contribution in [0.15, 0.2) is 29.9 Å². The smallest absolute Gasteiger partial charge is 0.308 e. The summed E-state index contributed by atoms with van der Waals surface area (Å²) in [4.78, 5) is 22.4. The number of carboxylic acids is 1. The Kier molecular flexibility index (Phi) is 4.11. The summed E-state index contributed by atoms with van der Waals surface area (Å²) in [6, 6.07) is 3.95. The van der Waals surface area contributed by atoms with E-state index in [1.165, 1.54) is 0 Å². The lowest BCUT2D eigenvalue weighted by molar-refractivity contribution is -0.140. The van der Waals surface area contributed by atoms with Crippen molar-refractivity contribution in [3.63, 3.8) is 0 Å². The minimum Gasteiger partial charge on any atom is -0.481 e. The Morgan fingerprint density at radius 2 is 2.32 bits per heavy atom. The van der Waals surface area contributed by atoms with Crippen molar-refractivity contribution in [1.82, 2.24) is 9.97 Å². The topological polar surface area (TPSA) is 66.3 Å². The number of rotatable bonds is 5. The van der Waals surface area contributed by atoms with E-state index in [-0.39, 0.29) is 0 Å². The summed E-state index contributed by atoms with van der Waals surface area (Å²) in [5.41, 5.74) is 0.808. The van der Waals surface area contributed by atoms with E-state index >= 15 is 0 Å². The highest BCUT2D eigenvalue weighted by Crippen LogP contribution is 2.23. The fraction of sp³-hybridized carbons (Fsp3) is 0.308. The highest BCUT2D eigenvalue weighted by molar-refractivity contribution is 7.13. The average molecular weight is 277 g/mol. The van der Waals surface area contributed by atoms with Crippen LogP contribution >= 0.6 is 11.3 Å². The van der Waals surface area contributed by atoms with Gasteiger partial charge < -0.3 is 10.0 Å². The summed E-state index contributed by atoms with van der Waals surface area (Å²) in [5.74, 6) is -0.578. The third-order valence-corrected chi connectivity index (χ3v) is 3.65. The first-order chi connectivity index (χ1) is 9.08. The van der Waals surface area contributed by atoms with Crippen molar-refractivity contribution in [3.05, 3.63) is 29.9 Å². The fourth-order valence-corrected chi connectivity index (χ4v) is 2.35. The van der Waals surface area contributed by atoms with Crippen LogP contribution in [0.25, 0.3) is 10.6 Å². The molecule has 2 heterocycles. The molecule has 0 saturated heterocycles. The van der Waals surface area contributed by atoms with Crippen molar-refractivity contribution >= 4 is 23.1 Å². The van der Waals surface area contributed by atoms with Crippen LogP contribution in [0.2, 0.25) is 0 Å². The Labute approximate surface area is 115 Å². The monoisotopic (exact) mass is 277 g/mol. The number of anilines is 1. The molecule has 0 aromatic carbocycles. The molecular formula is C13H15N3O2S. The van der Waals surface area contributed by atoms with Gasteiger partial charge in [-0.05, 0) is 11.4 Å². The standard InChI is InChI=1S/C13H15N3O2S/c1-9(13(17)18)8-16(2)12-7-14-6-10(15-12)11-4-3-5-19-11/h3-7,9H,8H2,1-2H3,(H,17,18)/t9-/m0/s1.